The molecule has 3 rings (SSSR count). The smallest absolute Gasteiger partial charge is 0.270 e. The van der Waals surface area contributed by atoms with Crippen LogP contribution in [0.3, 0.4) is 0 Å². The summed E-state index contributed by atoms with van der Waals surface area (Å²) in [6.07, 6.45) is 1.42. The number of hydrogen-bond acceptors (Lipinski definition) is 6. The van der Waals surface area contributed by atoms with Gasteiger partial charge in [-0.1, -0.05) is 6.07 Å². The molecule has 0 atom stereocenters. The van der Waals surface area contributed by atoms with Crippen molar-refractivity contribution in [3.63, 3.8) is 0 Å². The van der Waals surface area contributed by atoms with Gasteiger partial charge in [0.15, 0.2) is 16.6 Å². The van der Waals surface area contributed by atoms with Crippen LogP contribution in [0.1, 0.15) is 12.5 Å². The second-order valence-electron chi connectivity index (χ2n) is 5.82. The molecule has 7 nitrogen and oxygen atoms in total. The zero-order valence-electron chi connectivity index (χ0n) is 15.3. The van der Waals surface area contributed by atoms with Crippen molar-refractivity contribution < 1.29 is 24.2 Å². The summed E-state index contributed by atoms with van der Waals surface area (Å²) in [5.74, 6) is -0.287. The number of benzene rings is 2. The maximum atomic E-state index is 13.0. The van der Waals surface area contributed by atoms with E-state index in [0.717, 1.165) is 0 Å². The molecule has 2 aromatic rings. The van der Waals surface area contributed by atoms with Gasteiger partial charge in [0.25, 0.3) is 11.8 Å². The quantitative estimate of drug-likeness (QED) is 0.457. The van der Waals surface area contributed by atoms with Gasteiger partial charge in [0.1, 0.15) is 11.3 Å². The van der Waals surface area contributed by atoms with Crippen LogP contribution in [-0.2, 0) is 9.59 Å². The highest BCUT2D eigenvalue weighted by Crippen LogP contribution is 2.29. The summed E-state index contributed by atoms with van der Waals surface area (Å²) >= 11 is 5.18. The molecule has 0 bridgehead atoms. The van der Waals surface area contributed by atoms with Gasteiger partial charge in [0, 0.05) is 0 Å². The first-order valence-corrected chi connectivity index (χ1v) is 8.86. The Morgan fingerprint density at radius 1 is 1.18 bits per heavy atom. The van der Waals surface area contributed by atoms with Crippen LogP contribution in [0.5, 0.6) is 17.2 Å². The minimum absolute atomic E-state index is 0.000374. The van der Waals surface area contributed by atoms with Crippen LogP contribution in [0.25, 0.3) is 6.08 Å². The summed E-state index contributed by atoms with van der Waals surface area (Å²) in [6.45, 7) is 2.40. The summed E-state index contributed by atoms with van der Waals surface area (Å²) in [4.78, 5) is 26.6. The molecule has 0 spiro atoms. The van der Waals surface area contributed by atoms with E-state index in [1.807, 2.05) is 6.92 Å². The van der Waals surface area contributed by atoms with Gasteiger partial charge in [-0.15, -0.1) is 0 Å². The van der Waals surface area contributed by atoms with Crippen molar-refractivity contribution in [1.82, 2.24) is 5.32 Å². The van der Waals surface area contributed by atoms with Gasteiger partial charge in [-0.3, -0.25) is 19.8 Å². The first-order chi connectivity index (χ1) is 13.4. The highest BCUT2D eigenvalue weighted by Gasteiger charge is 2.34. The average Bonchev–Trinajstić information content (AvgIpc) is 2.67. The Kier molecular flexibility index (Phi) is 5.60. The fraction of sp³-hybridized carbons (Fsp3) is 0.150. The van der Waals surface area contributed by atoms with Crippen LogP contribution in [-0.4, -0.2) is 35.8 Å². The molecule has 144 valence electrons. The zero-order valence-corrected chi connectivity index (χ0v) is 16.1. The number of carbonyl (C=O) groups is 2. The van der Waals surface area contributed by atoms with Crippen molar-refractivity contribution in [2.24, 2.45) is 0 Å². The van der Waals surface area contributed by atoms with Crippen molar-refractivity contribution in [2.45, 2.75) is 6.92 Å². The summed E-state index contributed by atoms with van der Waals surface area (Å²) < 4.78 is 10.5. The molecule has 1 aliphatic heterocycles. The summed E-state index contributed by atoms with van der Waals surface area (Å²) in [5, 5.41) is 12.2. The van der Waals surface area contributed by atoms with E-state index in [2.05, 4.69) is 5.32 Å². The molecule has 0 unspecified atom stereocenters. The highest BCUT2D eigenvalue weighted by atomic mass is 32.1. The molecular formula is C20H18N2O5S. The number of phenolic OH excluding ortho intramolecular Hbond substituents is 1. The van der Waals surface area contributed by atoms with Gasteiger partial charge < -0.3 is 14.6 Å². The fourth-order valence-corrected chi connectivity index (χ4v) is 2.98. The van der Waals surface area contributed by atoms with E-state index in [1.54, 1.807) is 30.3 Å². The molecular weight excluding hydrogens is 380 g/mol. The van der Waals surface area contributed by atoms with Crippen LogP contribution in [0.15, 0.2) is 48.0 Å². The SMILES string of the molecule is CCOc1ccc(N2C(=O)/C(=C/c3ccc(O)c(OC)c3)C(=O)NC2=S)cc1. The summed E-state index contributed by atoms with van der Waals surface area (Å²) in [7, 11) is 1.41. The zero-order chi connectivity index (χ0) is 20.3. The van der Waals surface area contributed by atoms with Crippen molar-refractivity contribution >= 4 is 40.9 Å². The highest BCUT2D eigenvalue weighted by molar-refractivity contribution is 7.80. The van der Waals surface area contributed by atoms with Crippen LogP contribution in [0.2, 0.25) is 0 Å². The Labute approximate surface area is 167 Å². The lowest BCUT2D eigenvalue weighted by Crippen LogP contribution is -2.54. The molecule has 0 aliphatic carbocycles. The number of methoxy groups -OCH3 is 1. The molecule has 1 saturated heterocycles. The molecule has 28 heavy (non-hydrogen) atoms. The van der Waals surface area contributed by atoms with Gasteiger partial charge in [-0.05, 0) is 67.2 Å². The van der Waals surface area contributed by atoms with E-state index >= 15 is 0 Å². The molecule has 2 aromatic carbocycles. The third-order valence-electron chi connectivity index (χ3n) is 4.02. The predicted molar refractivity (Wildman–Crippen MR) is 108 cm³/mol. The third kappa shape index (κ3) is 3.81. The molecule has 0 aromatic heterocycles. The monoisotopic (exact) mass is 398 g/mol. The van der Waals surface area contributed by atoms with E-state index in [0.29, 0.717) is 23.6 Å². The molecule has 1 fully saturated rings. The number of rotatable bonds is 5. The van der Waals surface area contributed by atoms with Gasteiger partial charge >= 0.3 is 0 Å². The number of aromatic hydroxyl groups is 1. The Morgan fingerprint density at radius 2 is 1.89 bits per heavy atom. The van der Waals surface area contributed by atoms with E-state index in [4.69, 9.17) is 21.7 Å². The lowest BCUT2D eigenvalue weighted by molar-refractivity contribution is -0.122. The standard InChI is InChI=1S/C20H18N2O5S/c1-3-27-14-7-5-13(6-8-14)22-19(25)15(18(24)21-20(22)28)10-12-4-9-16(23)17(11-12)26-2/h4-11,23H,3H2,1-2H3,(H,21,24,28)/b15-10+. The second-order valence-corrected chi connectivity index (χ2v) is 6.20. The van der Waals surface area contributed by atoms with Crippen LogP contribution in [0, 0.1) is 0 Å². The number of carbonyl (C=O) groups excluding carboxylic acids is 2. The second kappa shape index (κ2) is 8.10. The Balaban J connectivity index is 1.95. The lowest BCUT2D eigenvalue weighted by Gasteiger charge is -2.29. The largest absolute Gasteiger partial charge is 0.504 e. The number of thiocarbonyl (C=S) groups is 1. The third-order valence-corrected chi connectivity index (χ3v) is 4.31. The lowest BCUT2D eigenvalue weighted by atomic mass is 10.1. The van der Waals surface area contributed by atoms with Gasteiger partial charge in [-0.2, -0.15) is 0 Å². The minimum Gasteiger partial charge on any atom is -0.504 e. The number of nitrogens with zero attached hydrogens (tertiary/aromatic N) is 1. The minimum atomic E-state index is -0.593. The first-order valence-electron chi connectivity index (χ1n) is 8.46. The van der Waals surface area contributed by atoms with Crippen LogP contribution >= 0.6 is 12.2 Å². The van der Waals surface area contributed by atoms with E-state index < -0.39 is 11.8 Å². The number of ether oxygens (including phenoxy) is 2. The van der Waals surface area contributed by atoms with Crippen LogP contribution < -0.4 is 19.7 Å². The number of amides is 2. The van der Waals surface area contributed by atoms with E-state index in [9.17, 15) is 14.7 Å². The average molecular weight is 398 g/mol. The maximum Gasteiger partial charge on any atom is 0.270 e. The molecule has 1 aliphatic rings. The van der Waals surface area contributed by atoms with Gasteiger partial charge in [-0.25, -0.2) is 0 Å². The Hall–Kier alpha value is -3.39. The molecule has 1 heterocycles. The Bertz CT molecular complexity index is 969. The molecule has 2 N–H and O–H groups in total. The number of anilines is 1. The number of phenols is 1. The van der Waals surface area contributed by atoms with Crippen molar-refractivity contribution in [3.8, 4) is 17.2 Å². The van der Waals surface area contributed by atoms with Gasteiger partial charge in [0.05, 0.1) is 19.4 Å². The van der Waals surface area contributed by atoms with Crippen molar-refractivity contribution in [1.29, 1.82) is 0 Å². The van der Waals surface area contributed by atoms with Crippen molar-refractivity contribution in [2.75, 3.05) is 18.6 Å². The molecule has 0 radical (unpaired) electrons. The number of nitrogens with one attached hydrogen (secondary N) is 1. The summed E-state index contributed by atoms with van der Waals surface area (Å²) in [5.41, 5.74) is 0.940. The number of hydrogen-bond donors (Lipinski definition) is 2. The van der Waals surface area contributed by atoms with E-state index in [1.165, 1.54) is 30.2 Å². The predicted octanol–water partition coefficient (Wildman–Crippen LogP) is 2.63. The van der Waals surface area contributed by atoms with E-state index in [-0.39, 0.29) is 22.2 Å². The Morgan fingerprint density at radius 3 is 2.54 bits per heavy atom. The first kappa shape index (κ1) is 19.4. The molecule has 8 heteroatoms. The van der Waals surface area contributed by atoms with Crippen molar-refractivity contribution in [3.05, 3.63) is 53.6 Å². The normalized spacial score (nSPS) is 15.6. The fourth-order valence-electron chi connectivity index (χ4n) is 2.70. The summed E-state index contributed by atoms with van der Waals surface area (Å²) in [6, 6.07) is 11.3. The van der Waals surface area contributed by atoms with Crippen LogP contribution in [0.4, 0.5) is 5.69 Å². The topological polar surface area (TPSA) is 88.1 Å². The molecule has 2 amide bonds. The maximum absolute atomic E-state index is 13.0. The van der Waals surface area contributed by atoms with Gasteiger partial charge in [0.2, 0.25) is 0 Å². The molecule has 0 saturated carbocycles.